The van der Waals surface area contributed by atoms with E-state index in [9.17, 15) is 9.18 Å². The van der Waals surface area contributed by atoms with Crippen LogP contribution in [0.5, 0.6) is 0 Å². The average Bonchev–Trinajstić information content (AvgIpc) is 2.39. The summed E-state index contributed by atoms with van der Waals surface area (Å²) in [5.41, 5.74) is 0.0397. The van der Waals surface area contributed by atoms with Crippen molar-refractivity contribution in [2.24, 2.45) is 5.92 Å². The summed E-state index contributed by atoms with van der Waals surface area (Å²) in [6, 6.07) is 3.23. The van der Waals surface area contributed by atoms with Crippen molar-refractivity contribution in [3.05, 3.63) is 29.8 Å². The molecular weight excluding hydrogens is 231 g/mol. The van der Waals surface area contributed by atoms with E-state index in [1.54, 1.807) is 6.07 Å². The number of nitrogens with one attached hydrogen (secondary N) is 1. The van der Waals surface area contributed by atoms with Crippen LogP contribution in [0, 0.1) is 11.9 Å². The third-order valence-electron chi connectivity index (χ3n) is 3.75. The van der Waals surface area contributed by atoms with Crippen LogP contribution in [0.1, 0.15) is 49.4 Å². The fourth-order valence-electron chi connectivity index (χ4n) is 2.69. The second-order valence-corrected chi connectivity index (χ2v) is 4.87. The quantitative estimate of drug-likeness (QED) is 0.838. The third kappa shape index (κ3) is 2.86. The molecule has 1 N–H and O–H groups in total. The zero-order valence-electron chi connectivity index (χ0n) is 10.7. The van der Waals surface area contributed by atoms with Crippen molar-refractivity contribution in [1.29, 1.82) is 0 Å². The Morgan fingerprint density at radius 2 is 2.28 bits per heavy atom. The van der Waals surface area contributed by atoms with Gasteiger partial charge >= 0.3 is 0 Å². The van der Waals surface area contributed by atoms with Crippen LogP contribution in [0.15, 0.2) is 18.3 Å². The van der Waals surface area contributed by atoms with Crippen molar-refractivity contribution in [3.63, 3.8) is 0 Å². The molecule has 4 heteroatoms. The van der Waals surface area contributed by atoms with E-state index in [2.05, 4.69) is 17.2 Å². The average molecular weight is 250 g/mol. The molecule has 1 aliphatic carbocycles. The minimum absolute atomic E-state index is 0.0397. The highest BCUT2D eigenvalue weighted by molar-refractivity contribution is 5.94. The van der Waals surface area contributed by atoms with Gasteiger partial charge in [0.25, 0.3) is 5.91 Å². The molecule has 2 unspecified atom stereocenters. The summed E-state index contributed by atoms with van der Waals surface area (Å²) in [5, 5.41) is 2.96. The summed E-state index contributed by atoms with van der Waals surface area (Å²) in [7, 11) is 0. The monoisotopic (exact) mass is 250 g/mol. The third-order valence-corrected chi connectivity index (χ3v) is 3.75. The summed E-state index contributed by atoms with van der Waals surface area (Å²) in [6.07, 6.45) is 6.91. The zero-order valence-corrected chi connectivity index (χ0v) is 10.7. The Hall–Kier alpha value is -1.45. The van der Waals surface area contributed by atoms with Crippen LogP contribution in [0.4, 0.5) is 4.39 Å². The van der Waals surface area contributed by atoms with E-state index in [0.717, 1.165) is 25.7 Å². The highest BCUT2D eigenvalue weighted by atomic mass is 19.1. The van der Waals surface area contributed by atoms with Gasteiger partial charge in [-0.15, -0.1) is 0 Å². The molecule has 0 aliphatic heterocycles. The molecule has 0 saturated heterocycles. The van der Waals surface area contributed by atoms with Gasteiger partial charge in [-0.2, -0.15) is 4.39 Å². The minimum atomic E-state index is -0.696. The molecule has 1 saturated carbocycles. The van der Waals surface area contributed by atoms with Gasteiger partial charge in [-0.05, 0) is 30.9 Å². The summed E-state index contributed by atoms with van der Waals surface area (Å²) < 4.78 is 13.4. The number of nitrogens with zero attached hydrogens (tertiary/aromatic N) is 1. The molecule has 3 nitrogen and oxygen atoms in total. The first-order chi connectivity index (χ1) is 8.72. The van der Waals surface area contributed by atoms with Crippen LogP contribution >= 0.6 is 0 Å². The molecule has 1 heterocycles. The lowest BCUT2D eigenvalue weighted by atomic mass is 9.83. The molecule has 1 fully saturated rings. The Balaban J connectivity index is 2.04. The molecule has 1 aliphatic rings. The van der Waals surface area contributed by atoms with Gasteiger partial charge in [0.2, 0.25) is 5.95 Å². The van der Waals surface area contributed by atoms with Gasteiger partial charge < -0.3 is 5.32 Å². The number of carbonyl (C=O) groups is 1. The van der Waals surface area contributed by atoms with E-state index < -0.39 is 5.95 Å². The number of aromatic nitrogens is 1. The Morgan fingerprint density at radius 1 is 1.50 bits per heavy atom. The van der Waals surface area contributed by atoms with E-state index in [1.165, 1.54) is 18.7 Å². The van der Waals surface area contributed by atoms with Crippen LogP contribution in [-0.2, 0) is 0 Å². The zero-order chi connectivity index (χ0) is 13.0. The van der Waals surface area contributed by atoms with Crippen LogP contribution in [0.3, 0.4) is 0 Å². The van der Waals surface area contributed by atoms with Crippen molar-refractivity contribution in [1.82, 2.24) is 10.3 Å². The van der Waals surface area contributed by atoms with Crippen molar-refractivity contribution in [2.45, 2.75) is 45.1 Å². The van der Waals surface area contributed by atoms with Crippen LogP contribution in [-0.4, -0.2) is 16.9 Å². The fourth-order valence-corrected chi connectivity index (χ4v) is 2.69. The number of hydrogen-bond donors (Lipinski definition) is 1. The Morgan fingerprint density at radius 3 is 3.00 bits per heavy atom. The Labute approximate surface area is 107 Å². The number of carbonyl (C=O) groups excluding carboxylic acids is 1. The minimum Gasteiger partial charge on any atom is -0.349 e. The smallest absolute Gasteiger partial charge is 0.256 e. The van der Waals surface area contributed by atoms with Crippen molar-refractivity contribution in [3.8, 4) is 0 Å². The van der Waals surface area contributed by atoms with E-state index in [0.29, 0.717) is 5.92 Å². The second kappa shape index (κ2) is 5.94. The number of rotatable bonds is 3. The molecule has 1 amide bonds. The number of pyridine rings is 1. The predicted molar refractivity (Wildman–Crippen MR) is 67.7 cm³/mol. The second-order valence-electron chi connectivity index (χ2n) is 4.87. The van der Waals surface area contributed by atoms with Crippen LogP contribution in [0.25, 0.3) is 0 Å². The lowest BCUT2D eigenvalue weighted by Crippen LogP contribution is -2.42. The molecule has 1 aromatic heterocycles. The maximum absolute atomic E-state index is 13.4. The van der Waals surface area contributed by atoms with Gasteiger partial charge in [-0.1, -0.05) is 26.2 Å². The maximum Gasteiger partial charge on any atom is 0.256 e. The van der Waals surface area contributed by atoms with Crippen molar-refractivity contribution < 1.29 is 9.18 Å². The summed E-state index contributed by atoms with van der Waals surface area (Å²) in [4.78, 5) is 15.5. The van der Waals surface area contributed by atoms with E-state index in [1.807, 2.05) is 0 Å². The lowest BCUT2D eigenvalue weighted by molar-refractivity contribution is 0.0899. The van der Waals surface area contributed by atoms with Crippen molar-refractivity contribution >= 4 is 5.91 Å². The largest absolute Gasteiger partial charge is 0.349 e. The van der Waals surface area contributed by atoms with Gasteiger partial charge in [0, 0.05) is 12.2 Å². The first-order valence-electron chi connectivity index (χ1n) is 6.63. The fraction of sp³-hybridized carbons (Fsp3) is 0.571. The molecule has 0 spiro atoms. The van der Waals surface area contributed by atoms with Gasteiger partial charge in [0.1, 0.15) is 0 Å². The van der Waals surface area contributed by atoms with Gasteiger partial charge in [-0.25, -0.2) is 4.98 Å². The number of amides is 1. The van der Waals surface area contributed by atoms with Gasteiger partial charge in [0.05, 0.1) is 5.56 Å². The molecule has 0 radical (unpaired) electrons. The number of hydrogen-bond acceptors (Lipinski definition) is 2. The first-order valence-corrected chi connectivity index (χ1v) is 6.63. The molecule has 98 valence electrons. The van der Waals surface area contributed by atoms with E-state index in [4.69, 9.17) is 0 Å². The lowest BCUT2D eigenvalue weighted by Gasteiger charge is -2.31. The topological polar surface area (TPSA) is 42.0 Å². The summed E-state index contributed by atoms with van der Waals surface area (Å²) >= 11 is 0. The standard InChI is InChI=1S/C14H19FN2O/c1-2-10-6-3-4-8-12(10)17-14(18)11-7-5-9-16-13(11)15/h5,7,9-10,12H,2-4,6,8H2,1H3,(H,17,18). The molecule has 2 atom stereocenters. The SMILES string of the molecule is CCC1CCCCC1NC(=O)c1cccnc1F. The summed E-state index contributed by atoms with van der Waals surface area (Å²) in [5.74, 6) is -0.521. The van der Waals surface area contributed by atoms with Gasteiger partial charge in [-0.3, -0.25) is 4.79 Å². The van der Waals surface area contributed by atoms with Crippen LogP contribution in [0.2, 0.25) is 0 Å². The molecular formula is C14H19FN2O. The normalized spacial score (nSPS) is 23.7. The highest BCUT2D eigenvalue weighted by Crippen LogP contribution is 2.27. The maximum atomic E-state index is 13.4. The van der Waals surface area contributed by atoms with Gasteiger partial charge in [0.15, 0.2) is 0 Å². The van der Waals surface area contributed by atoms with E-state index in [-0.39, 0.29) is 17.5 Å². The highest BCUT2D eigenvalue weighted by Gasteiger charge is 2.26. The molecule has 18 heavy (non-hydrogen) atoms. The molecule has 2 rings (SSSR count). The molecule has 1 aromatic rings. The molecule has 0 aromatic carbocycles. The van der Waals surface area contributed by atoms with E-state index >= 15 is 0 Å². The predicted octanol–water partition coefficient (Wildman–Crippen LogP) is 2.92. The summed E-state index contributed by atoms with van der Waals surface area (Å²) in [6.45, 7) is 2.14. The van der Waals surface area contributed by atoms with Crippen molar-refractivity contribution in [2.75, 3.05) is 0 Å². The Kier molecular flexibility index (Phi) is 4.28. The first kappa shape index (κ1) is 13.0. The Bertz CT molecular complexity index is 422. The van der Waals surface area contributed by atoms with Crippen LogP contribution < -0.4 is 5.32 Å². The number of halogens is 1. The molecule has 0 bridgehead atoms.